The number of carbonyl (C=O) groups excluding carboxylic acids is 2. The monoisotopic (exact) mass is 353 g/mol. The predicted molar refractivity (Wildman–Crippen MR) is 90.1 cm³/mol. The smallest absolute Gasteiger partial charge is 0.321 e. The van der Waals surface area contributed by atoms with Gasteiger partial charge in [0.05, 0.1) is 6.42 Å². The number of urea groups is 1. The zero-order chi connectivity index (χ0) is 17.5. The van der Waals surface area contributed by atoms with Crippen molar-refractivity contribution in [1.29, 1.82) is 0 Å². The van der Waals surface area contributed by atoms with Gasteiger partial charge in [-0.05, 0) is 30.7 Å². The van der Waals surface area contributed by atoms with Crippen molar-refractivity contribution in [2.45, 2.75) is 19.3 Å². The van der Waals surface area contributed by atoms with E-state index in [1.807, 2.05) is 0 Å². The van der Waals surface area contributed by atoms with E-state index in [9.17, 15) is 14.4 Å². The lowest BCUT2D eigenvalue weighted by molar-refractivity contribution is -0.140. The van der Waals surface area contributed by atoms with Crippen LogP contribution in [0.5, 0.6) is 0 Å². The number of nitrogens with zero attached hydrogens (tertiary/aromatic N) is 2. The molecule has 0 radical (unpaired) electrons. The number of amides is 3. The maximum absolute atomic E-state index is 12.3. The summed E-state index contributed by atoms with van der Waals surface area (Å²) in [5, 5.41) is 12.0. The van der Waals surface area contributed by atoms with Gasteiger partial charge in [-0.2, -0.15) is 0 Å². The normalized spacial score (nSPS) is 14.9. The molecule has 1 aromatic carbocycles. The van der Waals surface area contributed by atoms with Crippen LogP contribution in [-0.4, -0.2) is 59.0 Å². The third-order valence-corrected chi connectivity index (χ3v) is 4.04. The van der Waals surface area contributed by atoms with Crippen LogP contribution < -0.4 is 5.32 Å². The SMILES string of the molecule is O=C(O)CCC(=O)N1CCCN(C(=O)Nc2ccc(Cl)cc2)CC1. The van der Waals surface area contributed by atoms with Gasteiger partial charge in [-0.25, -0.2) is 4.79 Å². The summed E-state index contributed by atoms with van der Waals surface area (Å²) >= 11 is 5.81. The number of carboxylic acids is 1. The lowest BCUT2D eigenvalue weighted by Crippen LogP contribution is -2.39. The molecule has 2 rings (SSSR count). The van der Waals surface area contributed by atoms with E-state index >= 15 is 0 Å². The second-order valence-corrected chi connectivity index (χ2v) is 5.99. The van der Waals surface area contributed by atoms with Crippen LogP contribution in [0.3, 0.4) is 0 Å². The highest BCUT2D eigenvalue weighted by molar-refractivity contribution is 6.30. The Morgan fingerprint density at radius 2 is 1.62 bits per heavy atom. The molecule has 0 unspecified atom stereocenters. The summed E-state index contributed by atoms with van der Waals surface area (Å²) in [6, 6.07) is 6.61. The number of carboxylic acid groups (broad SMARTS) is 1. The van der Waals surface area contributed by atoms with Crippen LogP contribution >= 0.6 is 11.6 Å². The first kappa shape index (κ1) is 18.1. The third kappa shape index (κ3) is 5.42. The summed E-state index contributed by atoms with van der Waals surface area (Å²) < 4.78 is 0. The molecule has 1 aromatic rings. The van der Waals surface area contributed by atoms with Crippen molar-refractivity contribution in [3.63, 3.8) is 0 Å². The van der Waals surface area contributed by atoms with E-state index in [0.29, 0.717) is 43.3 Å². The first-order valence-electron chi connectivity index (χ1n) is 7.77. The van der Waals surface area contributed by atoms with Gasteiger partial charge in [-0.1, -0.05) is 11.6 Å². The van der Waals surface area contributed by atoms with Crippen LogP contribution in [0, 0.1) is 0 Å². The van der Waals surface area contributed by atoms with Crippen LogP contribution in [0.15, 0.2) is 24.3 Å². The Balaban J connectivity index is 1.85. The molecule has 1 aliphatic rings. The topological polar surface area (TPSA) is 90.0 Å². The molecule has 1 heterocycles. The lowest BCUT2D eigenvalue weighted by atomic mass is 10.2. The molecule has 0 bridgehead atoms. The molecule has 0 spiro atoms. The minimum atomic E-state index is -0.984. The summed E-state index contributed by atoms with van der Waals surface area (Å²) in [6.45, 7) is 1.90. The molecule has 0 aliphatic carbocycles. The minimum Gasteiger partial charge on any atom is -0.481 e. The number of anilines is 1. The molecule has 1 aliphatic heterocycles. The Bertz CT molecular complexity index is 606. The quantitative estimate of drug-likeness (QED) is 0.868. The Hall–Kier alpha value is -2.28. The standard InChI is InChI=1S/C16H20ClN3O4/c17-12-2-4-13(5-3-12)18-16(24)20-9-1-8-19(10-11-20)14(21)6-7-15(22)23/h2-5H,1,6-11H2,(H,18,24)(H,22,23). The lowest BCUT2D eigenvalue weighted by Gasteiger charge is -2.22. The molecule has 8 heteroatoms. The first-order valence-corrected chi connectivity index (χ1v) is 8.14. The molecule has 130 valence electrons. The molecular formula is C16H20ClN3O4. The van der Waals surface area contributed by atoms with Gasteiger partial charge in [0, 0.05) is 43.3 Å². The van der Waals surface area contributed by atoms with Crippen molar-refractivity contribution >= 4 is 35.2 Å². The second kappa shape index (κ2) is 8.54. The number of benzene rings is 1. The van der Waals surface area contributed by atoms with Gasteiger partial charge in [0.2, 0.25) is 5.91 Å². The molecule has 24 heavy (non-hydrogen) atoms. The number of halogens is 1. The number of rotatable bonds is 4. The van der Waals surface area contributed by atoms with Crippen molar-refractivity contribution < 1.29 is 19.5 Å². The minimum absolute atomic E-state index is 0.00763. The zero-order valence-corrected chi connectivity index (χ0v) is 14.0. The summed E-state index contributed by atoms with van der Waals surface area (Å²) in [4.78, 5) is 38.1. The summed E-state index contributed by atoms with van der Waals surface area (Å²) in [5.74, 6) is -1.17. The Kier molecular flexibility index (Phi) is 6.43. The molecule has 0 aromatic heterocycles. The molecule has 1 saturated heterocycles. The largest absolute Gasteiger partial charge is 0.481 e. The highest BCUT2D eigenvalue weighted by atomic mass is 35.5. The average molecular weight is 354 g/mol. The molecule has 0 saturated carbocycles. The maximum Gasteiger partial charge on any atom is 0.321 e. The van der Waals surface area contributed by atoms with E-state index in [-0.39, 0.29) is 24.8 Å². The Morgan fingerprint density at radius 3 is 2.29 bits per heavy atom. The number of hydrogen-bond donors (Lipinski definition) is 2. The van der Waals surface area contributed by atoms with Gasteiger partial charge in [-0.3, -0.25) is 9.59 Å². The molecule has 2 N–H and O–H groups in total. The van der Waals surface area contributed by atoms with Crippen LogP contribution in [0.25, 0.3) is 0 Å². The number of aliphatic carboxylic acids is 1. The second-order valence-electron chi connectivity index (χ2n) is 5.55. The van der Waals surface area contributed by atoms with Crippen LogP contribution in [-0.2, 0) is 9.59 Å². The third-order valence-electron chi connectivity index (χ3n) is 3.78. The fourth-order valence-electron chi connectivity index (χ4n) is 2.48. The van der Waals surface area contributed by atoms with E-state index < -0.39 is 5.97 Å². The van der Waals surface area contributed by atoms with Gasteiger partial charge < -0.3 is 20.2 Å². The van der Waals surface area contributed by atoms with E-state index in [2.05, 4.69) is 5.32 Å². The van der Waals surface area contributed by atoms with E-state index in [0.717, 1.165) is 0 Å². The van der Waals surface area contributed by atoms with Gasteiger partial charge in [0.15, 0.2) is 0 Å². The predicted octanol–water partition coefficient (Wildman–Crippen LogP) is 2.27. The van der Waals surface area contributed by atoms with Crippen molar-refractivity contribution in [3.05, 3.63) is 29.3 Å². The zero-order valence-electron chi connectivity index (χ0n) is 13.2. The van der Waals surface area contributed by atoms with Gasteiger partial charge in [-0.15, -0.1) is 0 Å². The van der Waals surface area contributed by atoms with Crippen molar-refractivity contribution in [2.24, 2.45) is 0 Å². The molecule has 7 nitrogen and oxygen atoms in total. The number of carbonyl (C=O) groups is 3. The summed E-state index contributed by atoms with van der Waals surface area (Å²) in [5.41, 5.74) is 0.656. The highest BCUT2D eigenvalue weighted by Crippen LogP contribution is 2.14. The first-order chi connectivity index (χ1) is 11.5. The van der Waals surface area contributed by atoms with Crippen LogP contribution in [0.1, 0.15) is 19.3 Å². The average Bonchev–Trinajstić information content (AvgIpc) is 2.81. The highest BCUT2D eigenvalue weighted by Gasteiger charge is 2.22. The fraction of sp³-hybridized carbons (Fsp3) is 0.438. The number of hydrogen-bond acceptors (Lipinski definition) is 3. The van der Waals surface area contributed by atoms with Gasteiger partial charge in [0.1, 0.15) is 0 Å². The fourth-order valence-corrected chi connectivity index (χ4v) is 2.60. The Morgan fingerprint density at radius 1 is 1.00 bits per heavy atom. The summed E-state index contributed by atoms with van der Waals surface area (Å²) in [6.07, 6.45) is 0.481. The Labute approximate surface area is 145 Å². The van der Waals surface area contributed by atoms with E-state index in [4.69, 9.17) is 16.7 Å². The van der Waals surface area contributed by atoms with Gasteiger partial charge in [0.25, 0.3) is 0 Å². The van der Waals surface area contributed by atoms with Crippen LogP contribution in [0.4, 0.5) is 10.5 Å². The number of nitrogens with one attached hydrogen (secondary N) is 1. The molecule has 1 fully saturated rings. The van der Waals surface area contributed by atoms with E-state index in [1.165, 1.54) is 0 Å². The van der Waals surface area contributed by atoms with Crippen molar-refractivity contribution in [1.82, 2.24) is 9.80 Å². The molecule has 0 atom stereocenters. The molecular weight excluding hydrogens is 334 g/mol. The van der Waals surface area contributed by atoms with Crippen LogP contribution in [0.2, 0.25) is 5.02 Å². The van der Waals surface area contributed by atoms with Gasteiger partial charge >= 0.3 is 12.0 Å². The molecule has 3 amide bonds. The van der Waals surface area contributed by atoms with Crippen molar-refractivity contribution in [3.8, 4) is 0 Å². The summed E-state index contributed by atoms with van der Waals surface area (Å²) in [7, 11) is 0. The van der Waals surface area contributed by atoms with Crippen molar-refractivity contribution in [2.75, 3.05) is 31.5 Å². The van der Waals surface area contributed by atoms with E-state index in [1.54, 1.807) is 34.1 Å². The maximum atomic E-state index is 12.3.